The van der Waals surface area contributed by atoms with Crippen LogP contribution in [0.15, 0.2) is 29.3 Å². The average molecular weight is 396 g/mol. The van der Waals surface area contributed by atoms with Crippen molar-refractivity contribution in [1.29, 1.82) is 0 Å². The quantitative estimate of drug-likeness (QED) is 0.686. The molecule has 4 rings (SSSR count). The molecule has 0 spiro atoms. The van der Waals surface area contributed by atoms with Gasteiger partial charge in [-0.3, -0.25) is 4.57 Å². The summed E-state index contributed by atoms with van der Waals surface area (Å²) in [6.45, 7) is 5.69. The summed E-state index contributed by atoms with van der Waals surface area (Å²) in [6.07, 6.45) is 7.13. The Morgan fingerprint density at radius 3 is 2.79 bits per heavy atom. The highest BCUT2D eigenvalue weighted by atomic mass is 16.2. The molecule has 0 aromatic carbocycles. The lowest BCUT2D eigenvalue weighted by Crippen LogP contribution is -2.27. The van der Waals surface area contributed by atoms with Gasteiger partial charge in [-0.25, -0.2) is 14.5 Å². The highest BCUT2D eigenvalue weighted by Crippen LogP contribution is 2.18. The van der Waals surface area contributed by atoms with Crippen molar-refractivity contribution in [2.45, 2.75) is 58.7 Å². The van der Waals surface area contributed by atoms with E-state index in [4.69, 9.17) is 0 Å². The molecule has 0 aliphatic carbocycles. The van der Waals surface area contributed by atoms with Crippen molar-refractivity contribution in [3.63, 3.8) is 0 Å². The largest absolute Gasteiger partial charge is 0.366 e. The number of nitrogens with one attached hydrogen (secondary N) is 1. The summed E-state index contributed by atoms with van der Waals surface area (Å²) in [5, 5.41) is 16.6. The zero-order valence-electron chi connectivity index (χ0n) is 17.2. The molecule has 1 aliphatic heterocycles. The predicted octanol–water partition coefficient (Wildman–Crippen LogP) is 2.10. The van der Waals surface area contributed by atoms with Crippen LogP contribution in [0.25, 0.3) is 11.5 Å². The number of imidazole rings is 1. The van der Waals surface area contributed by atoms with E-state index in [1.54, 1.807) is 10.9 Å². The number of aryl methyl sites for hydroxylation is 3. The molecule has 0 amide bonds. The molecule has 0 fully saturated rings. The maximum atomic E-state index is 12.6. The van der Waals surface area contributed by atoms with Gasteiger partial charge in [-0.1, -0.05) is 13.8 Å². The van der Waals surface area contributed by atoms with E-state index < -0.39 is 0 Å². The third kappa shape index (κ3) is 4.23. The van der Waals surface area contributed by atoms with E-state index >= 15 is 0 Å². The first-order valence-corrected chi connectivity index (χ1v) is 10.3. The molecule has 0 radical (unpaired) electrons. The van der Waals surface area contributed by atoms with Crippen LogP contribution in [0.1, 0.15) is 38.9 Å². The van der Waals surface area contributed by atoms with Crippen LogP contribution in [-0.4, -0.2) is 40.1 Å². The number of aromatic nitrogens is 7. The van der Waals surface area contributed by atoms with Crippen molar-refractivity contribution in [3.8, 4) is 11.5 Å². The van der Waals surface area contributed by atoms with Gasteiger partial charge in [0.15, 0.2) is 5.82 Å². The van der Waals surface area contributed by atoms with Gasteiger partial charge in [-0.2, -0.15) is 5.10 Å². The molecule has 0 saturated carbocycles. The van der Waals surface area contributed by atoms with Crippen molar-refractivity contribution in [2.75, 3.05) is 5.32 Å². The summed E-state index contributed by atoms with van der Waals surface area (Å²) in [5.41, 5.74) is 0.756. The van der Waals surface area contributed by atoms with Crippen LogP contribution in [-0.2, 0) is 26.6 Å². The van der Waals surface area contributed by atoms with E-state index in [2.05, 4.69) is 39.4 Å². The topological polar surface area (TPSA) is 95.5 Å². The van der Waals surface area contributed by atoms with E-state index in [-0.39, 0.29) is 11.7 Å². The van der Waals surface area contributed by atoms with Crippen LogP contribution in [0.3, 0.4) is 0 Å². The summed E-state index contributed by atoms with van der Waals surface area (Å²) < 4.78 is 5.38. The van der Waals surface area contributed by atoms with Gasteiger partial charge in [-0.05, 0) is 37.3 Å². The smallest absolute Gasteiger partial charge is 0.345 e. The molecule has 9 nitrogen and oxygen atoms in total. The lowest BCUT2D eigenvalue weighted by atomic mass is 10.1. The minimum absolute atomic E-state index is 0.0144. The molecule has 3 aromatic rings. The maximum Gasteiger partial charge on any atom is 0.345 e. The zero-order chi connectivity index (χ0) is 20.4. The van der Waals surface area contributed by atoms with Crippen molar-refractivity contribution >= 4 is 5.82 Å². The zero-order valence-corrected chi connectivity index (χ0v) is 17.2. The average Bonchev–Trinajstić information content (AvgIpc) is 3.19. The number of anilines is 1. The minimum atomic E-state index is 0.0144. The molecule has 1 N–H and O–H groups in total. The fourth-order valence-electron chi connectivity index (χ4n) is 3.65. The highest BCUT2D eigenvalue weighted by Gasteiger charge is 2.21. The van der Waals surface area contributed by atoms with E-state index in [0.717, 1.165) is 48.8 Å². The molecule has 4 heterocycles. The number of hydrogen-bond donors (Lipinski definition) is 1. The monoisotopic (exact) mass is 396 g/mol. The molecule has 1 aliphatic rings. The van der Waals surface area contributed by atoms with Gasteiger partial charge in [0, 0.05) is 45.0 Å². The Morgan fingerprint density at radius 2 is 2.10 bits per heavy atom. The standard InChI is InChI=1S/C20H28N8O/c1-14(2)8-12-28-20(29)27-11-9-15(4-7-18(27)25-28)22-17-6-5-16(23-24-17)19-21-10-13-26(19)3/h5-6,10,13-15H,4,7-9,11-12H2,1-3H3,(H,22,24). The summed E-state index contributed by atoms with van der Waals surface area (Å²) in [7, 11) is 1.93. The Hall–Kier alpha value is -2.97. The number of fused-ring (bicyclic) bond motifs is 1. The SMILES string of the molecule is CC(C)CCn1nc2n(c1=O)CCC(Nc1ccc(-c3nccn3C)nn1)CC2. The van der Waals surface area contributed by atoms with E-state index in [9.17, 15) is 4.79 Å². The number of rotatable bonds is 6. The molecule has 0 bridgehead atoms. The highest BCUT2D eigenvalue weighted by molar-refractivity contribution is 5.51. The van der Waals surface area contributed by atoms with Crippen LogP contribution in [0.5, 0.6) is 0 Å². The van der Waals surface area contributed by atoms with Crippen molar-refractivity contribution in [2.24, 2.45) is 13.0 Å². The second-order valence-corrected chi connectivity index (χ2v) is 8.09. The van der Waals surface area contributed by atoms with E-state index in [1.807, 2.05) is 34.5 Å². The third-order valence-corrected chi connectivity index (χ3v) is 5.40. The normalized spacial score (nSPS) is 16.6. The minimum Gasteiger partial charge on any atom is -0.366 e. The first-order chi connectivity index (χ1) is 14.0. The summed E-state index contributed by atoms with van der Waals surface area (Å²) >= 11 is 0. The molecule has 154 valence electrons. The van der Waals surface area contributed by atoms with Crippen LogP contribution >= 0.6 is 0 Å². The summed E-state index contributed by atoms with van der Waals surface area (Å²) in [6, 6.07) is 4.08. The van der Waals surface area contributed by atoms with Crippen molar-refractivity contribution < 1.29 is 0 Å². The van der Waals surface area contributed by atoms with Gasteiger partial charge in [0.2, 0.25) is 0 Å². The molecule has 3 aromatic heterocycles. The van der Waals surface area contributed by atoms with Gasteiger partial charge in [0.05, 0.1) is 0 Å². The number of hydrogen-bond acceptors (Lipinski definition) is 6. The summed E-state index contributed by atoms with van der Waals surface area (Å²) in [5.74, 6) is 2.97. The molecule has 9 heteroatoms. The molecule has 29 heavy (non-hydrogen) atoms. The molecular weight excluding hydrogens is 368 g/mol. The molecular formula is C20H28N8O. The lowest BCUT2D eigenvalue weighted by Gasteiger charge is -2.16. The van der Waals surface area contributed by atoms with Gasteiger partial charge in [-0.15, -0.1) is 10.2 Å². The van der Waals surface area contributed by atoms with E-state index in [1.165, 1.54) is 0 Å². The Labute approximate surface area is 169 Å². The fourth-order valence-corrected chi connectivity index (χ4v) is 3.65. The first kappa shape index (κ1) is 19.4. The third-order valence-electron chi connectivity index (χ3n) is 5.40. The molecule has 1 atom stereocenters. The lowest BCUT2D eigenvalue weighted by molar-refractivity contribution is 0.466. The van der Waals surface area contributed by atoms with Crippen LogP contribution in [0.4, 0.5) is 5.82 Å². The van der Waals surface area contributed by atoms with Crippen molar-refractivity contribution in [3.05, 3.63) is 40.8 Å². The van der Waals surface area contributed by atoms with Gasteiger partial charge in [0.25, 0.3) is 0 Å². The Kier molecular flexibility index (Phi) is 5.46. The van der Waals surface area contributed by atoms with Crippen LogP contribution in [0, 0.1) is 5.92 Å². The molecule has 0 saturated heterocycles. The van der Waals surface area contributed by atoms with Crippen LogP contribution < -0.4 is 11.0 Å². The van der Waals surface area contributed by atoms with Gasteiger partial charge < -0.3 is 9.88 Å². The predicted molar refractivity (Wildman–Crippen MR) is 111 cm³/mol. The van der Waals surface area contributed by atoms with E-state index in [0.29, 0.717) is 19.0 Å². The Bertz CT molecular complexity index is 1010. The van der Waals surface area contributed by atoms with Crippen molar-refractivity contribution in [1.82, 2.24) is 34.1 Å². The Balaban J connectivity index is 1.39. The Morgan fingerprint density at radius 1 is 1.24 bits per heavy atom. The molecule has 1 unspecified atom stereocenters. The van der Waals surface area contributed by atoms with Gasteiger partial charge >= 0.3 is 5.69 Å². The number of nitrogens with zero attached hydrogens (tertiary/aromatic N) is 7. The fraction of sp³-hybridized carbons (Fsp3) is 0.550. The van der Waals surface area contributed by atoms with Crippen LogP contribution in [0.2, 0.25) is 0 Å². The van der Waals surface area contributed by atoms with Gasteiger partial charge in [0.1, 0.15) is 17.3 Å². The second-order valence-electron chi connectivity index (χ2n) is 8.09. The maximum absolute atomic E-state index is 12.6. The second kappa shape index (κ2) is 8.18. The summed E-state index contributed by atoms with van der Waals surface area (Å²) in [4.78, 5) is 16.9. The first-order valence-electron chi connectivity index (χ1n) is 10.3.